The lowest BCUT2D eigenvalue weighted by Gasteiger charge is -2.23. The van der Waals surface area contributed by atoms with Crippen molar-refractivity contribution < 1.29 is 9.90 Å². The van der Waals surface area contributed by atoms with E-state index >= 15 is 0 Å². The molecule has 136 valence electrons. The van der Waals surface area contributed by atoms with Gasteiger partial charge in [-0.1, -0.05) is 60.7 Å². The number of fused-ring (bicyclic) bond motifs is 4. The molecule has 4 aromatic rings. The number of rotatable bonds is 3. The summed E-state index contributed by atoms with van der Waals surface area (Å²) in [5.41, 5.74) is 0.152. The van der Waals surface area contributed by atoms with Crippen LogP contribution in [0, 0.1) is 0 Å². The van der Waals surface area contributed by atoms with Crippen LogP contribution < -0.4 is 5.56 Å². The van der Waals surface area contributed by atoms with Gasteiger partial charge in [-0.05, 0) is 18.2 Å². The minimum absolute atomic E-state index is 0.182. The fourth-order valence-corrected chi connectivity index (χ4v) is 3.91. The zero-order valence-electron chi connectivity index (χ0n) is 14.9. The van der Waals surface area contributed by atoms with Gasteiger partial charge < -0.3 is 5.11 Å². The minimum atomic E-state index is -1.67. The molecular weight excluding hydrogens is 352 g/mol. The highest BCUT2D eigenvalue weighted by Gasteiger charge is 2.46. The van der Waals surface area contributed by atoms with Gasteiger partial charge in [-0.2, -0.15) is 0 Å². The van der Waals surface area contributed by atoms with Crippen molar-refractivity contribution in [2.24, 2.45) is 0 Å². The van der Waals surface area contributed by atoms with Crippen LogP contribution >= 0.6 is 0 Å². The Balaban J connectivity index is 1.76. The Morgan fingerprint density at radius 1 is 0.929 bits per heavy atom. The topological polar surface area (TPSA) is 72.2 Å². The number of benzene rings is 3. The average Bonchev–Trinajstić information content (AvgIpc) is 2.98. The molecule has 0 radical (unpaired) electrons. The molecule has 1 aromatic heterocycles. The van der Waals surface area contributed by atoms with Crippen LogP contribution in [-0.4, -0.2) is 20.4 Å². The first kappa shape index (κ1) is 16.6. The van der Waals surface area contributed by atoms with Crippen LogP contribution in [0.5, 0.6) is 0 Å². The Morgan fingerprint density at radius 2 is 1.61 bits per heavy atom. The van der Waals surface area contributed by atoms with Gasteiger partial charge in [-0.25, -0.2) is 4.98 Å². The number of Topliss-reactive ketones (excluding diaryl/α,β-unsaturated/α-hetero) is 1. The van der Waals surface area contributed by atoms with Crippen molar-refractivity contribution in [1.29, 1.82) is 0 Å². The van der Waals surface area contributed by atoms with Crippen LogP contribution in [0.15, 0.2) is 83.7 Å². The van der Waals surface area contributed by atoms with Gasteiger partial charge in [0.1, 0.15) is 0 Å². The van der Waals surface area contributed by atoms with E-state index in [1.807, 2.05) is 6.07 Å². The van der Waals surface area contributed by atoms with Crippen LogP contribution in [-0.2, 0) is 5.60 Å². The highest BCUT2D eigenvalue weighted by Crippen LogP contribution is 2.42. The molecule has 1 N–H and O–H groups in total. The number of hydrogen-bond donors (Lipinski definition) is 1. The molecule has 0 amide bonds. The first-order valence-electron chi connectivity index (χ1n) is 9.02. The van der Waals surface area contributed by atoms with E-state index in [-0.39, 0.29) is 23.6 Å². The van der Waals surface area contributed by atoms with E-state index in [1.165, 1.54) is 4.57 Å². The number of aliphatic hydroxyl groups is 1. The number of carbonyl (C=O) groups is 1. The predicted octanol–water partition coefficient (Wildman–Crippen LogP) is 3.21. The summed E-state index contributed by atoms with van der Waals surface area (Å²) in [4.78, 5) is 30.6. The molecule has 0 bridgehead atoms. The molecule has 0 saturated heterocycles. The van der Waals surface area contributed by atoms with Crippen molar-refractivity contribution in [1.82, 2.24) is 9.55 Å². The highest BCUT2D eigenvalue weighted by atomic mass is 16.3. The van der Waals surface area contributed by atoms with Crippen molar-refractivity contribution >= 4 is 16.7 Å². The minimum Gasteiger partial charge on any atom is -0.377 e. The summed E-state index contributed by atoms with van der Waals surface area (Å²) in [6, 6.07) is 22.9. The van der Waals surface area contributed by atoms with Gasteiger partial charge in [0.15, 0.2) is 17.2 Å². The number of aromatic nitrogens is 2. The Morgan fingerprint density at radius 3 is 2.43 bits per heavy atom. The molecule has 0 saturated carbocycles. The summed E-state index contributed by atoms with van der Waals surface area (Å²) >= 11 is 0. The first-order valence-corrected chi connectivity index (χ1v) is 9.02. The van der Waals surface area contributed by atoms with Gasteiger partial charge in [0.2, 0.25) is 0 Å². The fourth-order valence-electron chi connectivity index (χ4n) is 3.91. The summed E-state index contributed by atoms with van der Waals surface area (Å²) in [7, 11) is 0. The molecule has 0 aliphatic carbocycles. The highest BCUT2D eigenvalue weighted by molar-refractivity contribution is 5.97. The monoisotopic (exact) mass is 368 g/mol. The molecule has 1 aliphatic heterocycles. The second-order valence-electron chi connectivity index (χ2n) is 6.94. The number of hydrogen-bond acceptors (Lipinski definition) is 4. The molecule has 1 aliphatic rings. The smallest absolute Gasteiger partial charge is 0.266 e. The number of nitrogens with zero attached hydrogens (tertiary/aromatic N) is 2. The molecule has 0 fully saturated rings. The molecular formula is C23H16N2O3. The Hall–Kier alpha value is -3.57. The van der Waals surface area contributed by atoms with Crippen LogP contribution in [0.1, 0.15) is 28.2 Å². The maximum atomic E-state index is 13.2. The van der Waals surface area contributed by atoms with Gasteiger partial charge in [0.25, 0.3) is 5.56 Å². The normalized spacial score (nSPS) is 17.3. The quantitative estimate of drug-likeness (QED) is 0.564. The van der Waals surface area contributed by atoms with E-state index < -0.39 is 5.60 Å². The second kappa shape index (κ2) is 5.97. The number of para-hydroxylation sites is 2. The lowest BCUT2D eigenvalue weighted by Crippen LogP contribution is -2.32. The van der Waals surface area contributed by atoms with Gasteiger partial charge in [0, 0.05) is 11.1 Å². The van der Waals surface area contributed by atoms with Gasteiger partial charge >= 0.3 is 0 Å². The molecule has 3 aromatic carbocycles. The molecule has 2 heterocycles. The standard InChI is InChI=1S/C23H16N2O3/c26-20(15-8-2-1-3-9-15)14-23(28)17-11-5-7-13-19(17)25-21(27)16-10-4-6-12-18(16)24-22(23)25/h1-13,28H,14H2/t23-/m0/s1. The molecule has 5 nitrogen and oxygen atoms in total. The number of ketones is 1. The Bertz CT molecular complexity index is 1290. The zero-order chi connectivity index (χ0) is 19.3. The van der Waals surface area contributed by atoms with Crippen molar-refractivity contribution in [3.05, 3.63) is 106 Å². The molecule has 0 unspecified atom stereocenters. The lowest BCUT2D eigenvalue weighted by atomic mass is 9.87. The van der Waals surface area contributed by atoms with E-state index in [0.717, 1.165) is 0 Å². The summed E-state index contributed by atoms with van der Waals surface area (Å²) in [5, 5.41) is 12.1. The van der Waals surface area contributed by atoms with Gasteiger partial charge in [-0.3, -0.25) is 14.2 Å². The van der Waals surface area contributed by atoms with E-state index in [4.69, 9.17) is 0 Å². The maximum absolute atomic E-state index is 13.2. The van der Waals surface area contributed by atoms with Crippen LogP contribution in [0.2, 0.25) is 0 Å². The third-order valence-corrected chi connectivity index (χ3v) is 5.25. The van der Waals surface area contributed by atoms with Crippen LogP contribution in [0.3, 0.4) is 0 Å². The molecule has 5 rings (SSSR count). The third-order valence-electron chi connectivity index (χ3n) is 5.25. The van der Waals surface area contributed by atoms with Crippen LogP contribution in [0.4, 0.5) is 0 Å². The van der Waals surface area contributed by atoms with Crippen LogP contribution in [0.25, 0.3) is 16.6 Å². The van der Waals surface area contributed by atoms with E-state index in [2.05, 4.69) is 4.98 Å². The van der Waals surface area contributed by atoms with Crippen molar-refractivity contribution in [2.45, 2.75) is 12.0 Å². The van der Waals surface area contributed by atoms with E-state index in [1.54, 1.807) is 72.8 Å². The van der Waals surface area contributed by atoms with Crippen molar-refractivity contribution in [3.63, 3.8) is 0 Å². The summed E-state index contributed by atoms with van der Waals surface area (Å²) in [5.74, 6) is -0.0320. The van der Waals surface area contributed by atoms with E-state index in [0.29, 0.717) is 27.7 Å². The summed E-state index contributed by atoms with van der Waals surface area (Å²) in [6.07, 6.45) is -0.196. The predicted molar refractivity (Wildman–Crippen MR) is 106 cm³/mol. The maximum Gasteiger partial charge on any atom is 0.266 e. The Kier molecular flexibility index (Phi) is 3.54. The van der Waals surface area contributed by atoms with Crippen molar-refractivity contribution in [3.8, 4) is 5.69 Å². The Labute approximate surface area is 160 Å². The lowest BCUT2D eigenvalue weighted by molar-refractivity contribution is 0.0562. The largest absolute Gasteiger partial charge is 0.377 e. The molecule has 28 heavy (non-hydrogen) atoms. The second-order valence-corrected chi connectivity index (χ2v) is 6.94. The molecule has 0 spiro atoms. The van der Waals surface area contributed by atoms with Gasteiger partial charge in [-0.15, -0.1) is 0 Å². The van der Waals surface area contributed by atoms with E-state index in [9.17, 15) is 14.7 Å². The average molecular weight is 368 g/mol. The summed E-state index contributed by atoms with van der Waals surface area (Å²) < 4.78 is 1.43. The SMILES string of the molecule is O=C(C[C@]1(O)c2ccccc2-n2c1nc1ccccc1c2=O)c1ccccc1. The third kappa shape index (κ3) is 2.27. The summed E-state index contributed by atoms with van der Waals surface area (Å²) in [6.45, 7) is 0. The molecule has 5 heteroatoms. The zero-order valence-corrected chi connectivity index (χ0v) is 14.9. The van der Waals surface area contributed by atoms with Gasteiger partial charge in [0.05, 0.1) is 23.0 Å². The molecule has 1 atom stereocenters. The first-order chi connectivity index (χ1) is 13.6. The van der Waals surface area contributed by atoms with Crippen molar-refractivity contribution in [2.75, 3.05) is 0 Å². The number of carbonyl (C=O) groups excluding carboxylic acids is 1. The fraction of sp³-hybridized carbons (Fsp3) is 0.0870.